The second kappa shape index (κ2) is 5.56. The van der Waals surface area contributed by atoms with Crippen molar-refractivity contribution in [1.82, 2.24) is 25.5 Å². The molecule has 22 heavy (non-hydrogen) atoms. The Morgan fingerprint density at radius 1 is 1.27 bits per heavy atom. The molecule has 6 nitrogen and oxygen atoms in total. The monoisotopic (exact) mass is 312 g/mol. The van der Waals surface area contributed by atoms with Crippen molar-refractivity contribution >= 4 is 5.95 Å². The first-order chi connectivity index (χ1) is 10.5. The van der Waals surface area contributed by atoms with E-state index in [9.17, 15) is 13.2 Å². The van der Waals surface area contributed by atoms with Gasteiger partial charge in [-0.05, 0) is 19.4 Å². The first-order valence-electron chi connectivity index (χ1n) is 6.91. The second-order valence-corrected chi connectivity index (χ2v) is 5.22. The van der Waals surface area contributed by atoms with Crippen LogP contribution in [0, 0.1) is 0 Å². The number of piperidine rings is 1. The summed E-state index contributed by atoms with van der Waals surface area (Å²) in [4.78, 5) is 7.71. The van der Waals surface area contributed by atoms with Crippen LogP contribution in [0.25, 0.3) is 11.3 Å². The third kappa shape index (κ3) is 2.76. The van der Waals surface area contributed by atoms with Crippen molar-refractivity contribution in [3.8, 4) is 11.3 Å². The van der Waals surface area contributed by atoms with Crippen LogP contribution in [0.2, 0.25) is 0 Å². The van der Waals surface area contributed by atoms with Gasteiger partial charge in [0.25, 0.3) is 0 Å². The summed E-state index contributed by atoms with van der Waals surface area (Å²) in [7, 11) is 0. The Hall–Kier alpha value is -2.16. The number of nitrogen functional groups attached to an aromatic ring is 1. The molecule has 0 spiro atoms. The summed E-state index contributed by atoms with van der Waals surface area (Å²) in [5, 5.41) is 9.28. The van der Waals surface area contributed by atoms with Gasteiger partial charge in [0.15, 0.2) is 0 Å². The number of rotatable bonds is 2. The molecule has 9 heteroatoms. The number of H-pyrrole nitrogens is 1. The van der Waals surface area contributed by atoms with Crippen molar-refractivity contribution in [1.29, 1.82) is 0 Å². The topological polar surface area (TPSA) is 92.5 Å². The van der Waals surface area contributed by atoms with E-state index >= 15 is 0 Å². The minimum absolute atomic E-state index is 0.0385. The minimum atomic E-state index is -4.56. The molecule has 1 atom stereocenters. The quantitative estimate of drug-likeness (QED) is 0.788. The molecule has 1 fully saturated rings. The number of nitrogens with two attached hydrogens (primary N) is 1. The molecule has 4 N–H and O–H groups in total. The van der Waals surface area contributed by atoms with Crippen LogP contribution in [0.4, 0.5) is 19.1 Å². The van der Waals surface area contributed by atoms with E-state index in [-0.39, 0.29) is 28.8 Å². The normalized spacial score (nSPS) is 19.3. The fraction of sp³-hybridized carbons (Fsp3) is 0.462. The molecule has 118 valence electrons. The zero-order valence-electron chi connectivity index (χ0n) is 11.6. The van der Waals surface area contributed by atoms with Gasteiger partial charge in [-0.3, -0.25) is 5.10 Å². The van der Waals surface area contributed by atoms with Crippen LogP contribution in [0.15, 0.2) is 12.4 Å². The van der Waals surface area contributed by atoms with Crippen molar-refractivity contribution in [3.63, 3.8) is 0 Å². The molecule has 1 saturated heterocycles. The number of nitrogens with zero attached hydrogens (tertiary/aromatic N) is 3. The molecule has 2 aromatic heterocycles. The van der Waals surface area contributed by atoms with E-state index in [0.717, 1.165) is 13.0 Å². The number of aromatic amines is 1. The van der Waals surface area contributed by atoms with Crippen LogP contribution in [0.5, 0.6) is 0 Å². The molecule has 0 amide bonds. The van der Waals surface area contributed by atoms with Gasteiger partial charge in [-0.1, -0.05) is 0 Å². The Morgan fingerprint density at radius 2 is 2.09 bits per heavy atom. The largest absolute Gasteiger partial charge is 0.420 e. The van der Waals surface area contributed by atoms with Gasteiger partial charge in [-0.15, -0.1) is 0 Å². The highest BCUT2D eigenvalue weighted by Gasteiger charge is 2.41. The highest BCUT2D eigenvalue weighted by atomic mass is 19.4. The lowest BCUT2D eigenvalue weighted by molar-refractivity contribution is -0.138. The van der Waals surface area contributed by atoms with E-state index in [0.29, 0.717) is 13.0 Å². The molecule has 1 unspecified atom stereocenters. The first kappa shape index (κ1) is 14.8. The van der Waals surface area contributed by atoms with E-state index in [1.807, 2.05) is 0 Å². The molecule has 0 aromatic carbocycles. The summed E-state index contributed by atoms with van der Waals surface area (Å²) in [6.07, 6.45) is -0.475. The third-order valence-electron chi connectivity index (χ3n) is 3.69. The van der Waals surface area contributed by atoms with Crippen LogP contribution < -0.4 is 11.1 Å². The summed E-state index contributed by atoms with van der Waals surface area (Å²) in [5.74, 6) is -0.494. The van der Waals surface area contributed by atoms with Gasteiger partial charge >= 0.3 is 6.18 Å². The molecular weight excluding hydrogens is 297 g/mol. The molecule has 3 rings (SSSR count). The lowest BCUT2D eigenvalue weighted by Gasteiger charge is -2.26. The zero-order chi connectivity index (χ0) is 15.7. The van der Waals surface area contributed by atoms with Crippen molar-refractivity contribution in [2.45, 2.75) is 24.9 Å². The SMILES string of the molecule is Nc1nc(-c2cn[nH]c2)c(C(F)(F)F)c(C2CCCNC2)n1. The number of aromatic nitrogens is 4. The molecule has 0 saturated carbocycles. The number of hydrogen-bond acceptors (Lipinski definition) is 5. The fourth-order valence-electron chi connectivity index (χ4n) is 2.75. The average molecular weight is 312 g/mol. The van der Waals surface area contributed by atoms with Crippen molar-refractivity contribution in [2.75, 3.05) is 18.8 Å². The second-order valence-electron chi connectivity index (χ2n) is 5.22. The highest BCUT2D eigenvalue weighted by Crippen LogP contribution is 2.41. The van der Waals surface area contributed by atoms with Gasteiger partial charge in [0.1, 0.15) is 5.56 Å². The Labute approximate surface area is 124 Å². The lowest BCUT2D eigenvalue weighted by Crippen LogP contribution is -2.31. The number of anilines is 1. The number of alkyl halides is 3. The van der Waals surface area contributed by atoms with Gasteiger partial charge in [0.2, 0.25) is 5.95 Å². The third-order valence-corrected chi connectivity index (χ3v) is 3.69. The predicted octanol–water partition coefficient (Wildman–Crippen LogP) is 1.93. The lowest BCUT2D eigenvalue weighted by atomic mass is 9.91. The molecule has 1 aliphatic heterocycles. The average Bonchev–Trinajstić information content (AvgIpc) is 3.00. The minimum Gasteiger partial charge on any atom is -0.368 e. The van der Waals surface area contributed by atoms with Crippen LogP contribution in [-0.2, 0) is 6.18 Å². The van der Waals surface area contributed by atoms with Gasteiger partial charge < -0.3 is 11.1 Å². The van der Waals surface area contributed by atoms with Gasteiger partial charge in [0.05, 0.1) is 17.6 Å². The first-order valence-corrected chi connectivity index (χ1v) is 6.91. The summed E-state index contributed by atoms with van der Waals surface area (Å²) in [6.45, 7) is 1.25. The Bertz CT molecular complexity index is 647. The predicted molar refractivity (Wildman–Crippen MR) is 73.9 cm³/mol. The smallest absolute Gasteiger partial charge is 0.368 e. The fourth-order valence-corrected chi connectivity index (χ4v) is 2.75. The number of halogens is 3. The maximum absolute atomic E-state index is 13.6. The van der Waals surface area contributed by atoms with Crippen molar-refractivity contribution in [2.24, 2.45) is 0 Å². The van der Waals surface area contributed by atoms with Crippen LogP contribution in [0.3, 0.4) is 0 Å². The molecule has 0 bridgehead atoms. The summed E-state index contributed by atoms with van der Waals surface area (Å²) < 4.78 is 40.8. The number of hydrogen-bond donors (Lipinski definition) is 3. The molecule has 2 aromatic rings. The maximum Gasteiger partial charge on any atom is 0.420 e. The maximum atomic E-state index is 13.6. The molecule has 1 aliphatic rings. The Kier molecular flexibility index (Phi) is 3.73. The van der Waals surface area contributed by atoms with E-state index in [4.69, 9.17) is 5.73 Å². The summed E-state index contributed by atoms with van der Waals surface area (Å²) in [5.41, 5.74) is 4.80. The van der Waals surface area contributed by atoms with Crippen molar-refractivity contribution < 1.29 is 13.2 Å². The van der Waals surface area contributed by atoms with Crippen LogP contribution in [-0.4, -0.2) is 33.3 Å². The standard InChI is InChI=1S/C13H15F3N6/c14-13(15,16)9-10(7-2-1-3-18-4-7)21-12(17)22-11(9)8-5-19-20-6-8/h5-7,18H,1-4H2,(H,19,20)(H2,17,21,22). The van der Waals surface area contributed by atoms with Crippen LogP contribution >= 0.6 is 0 Å². The number of nitrogens with one attached hydrogen (secondary N) is 2. The molecular formula is C13H15F3N6. The van der Waals surface area contributed by atoms with E-state index in [2.05, 4.69) is 25.5 Å². The van der Waals surface area contributed by atoms with Gasteiger partial charge in [-0.25, -0.2) is 9.97 Å². The Balaban J connectivity index is 2.19. The van der Waals surface area contributed by atoms with Crippen molar-refractivity contribution in [3.05, 3.63) is 23.7 Å². The van der Waals surface area contributed by atoms with E-state index in [1.165, 1.54) is 12.4 Å². The van der Waals surface area contributed by atoms with E-state index < -0.39 is 11.7 Å². The van der Waals surface area contributed by atoms with Gasteiger partial charge in [-0.2, -0.15) is 18.3 Å². The molecule has 0 aliphatic carbocycles. The highest BCUT2D eigenvalue weighted by molar-refractivity contribution is 5.65. The Morgan fingerprint density at radius 3 is 2.68 bits per heavy atom. The van der Waals surface area contributed by atoms with Crippen LogP contribution in [0.1, 0.15) is 30.0 Å². The van der Waals surface area contributed by atoms with E-state index in [1.54, 1.807) is 0 Å². The summed E-state index contributed by atoms with van der Waals surface area (Å²) >= 11 is 0. The van der Waals surface area contributed by atoms with Gasteiger partial charge in [0, 0.05) is 24.2 Å². The zero-order valence-corrected chi connectivity index (χ0v) is 11.6. The molecule has 3 heterocycles. The summed E-state index contributed by atoms with van der Waals surface area (Å²) in [6, 6.07) is 0. The molecule has 0 radical (unpaired) electrons.